The number of carbonyl (C=O) groups excluding carboxylic acids is 2. The van der Waals surface area contributed by atoms with E-state index in [1.807, 2.05) is 25.1 Å². The van der Waals surface area contributed by atoms with Crippen molar-refractivity contribution < 1.29 is 14.3 Å². The number of hydrogen-bond donors (Lipinski definition) is 2. The van der Waals surface area contributed by atoms with Crippen molar-refractivity contribution in [1.82, 2.24) is 5.32 Å². The Labute approximate surface area is 163 Å². The van der Waals surface area contributed by atoms with Crippen LogP contribution in [0.25, 0.3) is 16.8 Å². The number of benzene rings is 3. The van der Waals surface area contributed by atoms with E-state index in [9.17, 15) is 9.59 Å². The Morgan fingerprint density at radius 1 is 1.04 bits per heavy atom. The van der Waals surface area contributed by atoms with Gasteiger partial charge in [-0.15, -0.1) is 0 Å². The zero-order chi connectivity index (χ0) is 19.9. The molecular weight excluding hydrogens is 352 g/mol. The molecule has 0 radical (unpaired) electrons. The first kappa shape index (κ1) is 19.2. The number of ether oxygens (including phenoxy) is 1. The highest BCUT2D eigenvalue weighted by Gasteiger charge is 2.08. The number of rotatable bonds is 7. The van der Waals surface area contributed by atoms with Gasteiger partial charge in [0.1, 0.15) is 5.75 Å². The van der Waals surface area contributed by atoms with Crippen LogP contribution in [0.4, 0.5) is 0 Å². The molecule has 0 saturated heterocycles. The number of primary amides is 1. The highest BCUT2D eigenvalue weighted by Crippen LogP contribution is 2.20. The lowest BCUT2D eigenvalue weighted by atomic mass is 10.0. The monoisotopic (exact) mass is 374 g/mol. The van der Waals surface area contributed by atoms with Crippen LogP contribution in [0.15, 0.2) is 72.8 Å². The molecule has 0 spiro atoms. The number of hydrogen-bond acceptors (Lipinski definition) is 3. The van der Waals surface area contributed by atoms with Crippen molar-refractivity contribution in [3.63, 3.8) is 0 Å². The Morgan fingerprint density at radius 3 is 2.46 bits per heavy atom. The molecule has 0 bridgehead atoms. The number of nitrogens with two attached hydrogens (primary N) is 1. The molecule has 0 aromatic heterocycles. The number of nitrogens with one attached hydrogen (secondary N) is 1. The van der Waals surface area contributed by atoms with Gasteiger partial charge in [0.2, 0.25) is 5.91 Å². The first-order valence-electron chi connectivity index (χ1n) is 9.00. The van der Waals surface area contributed by atoms with E-state index in [0.29, 0.717) is 5.75 Å². The Hall–Kier alpha value is -3.60. The van der Waals surface area contributed by atoms with Gasteiger partial charge in [0.05, 0.1) is 6.04 Å². The molecule has 5 nitrogen and oxygen atoms in total. The van der Waals surface area contributed by atoms with Gasteiger partial charge in [-0.05, 0) is 53.1 Å². The second-order valence-corrected chi connectivity index (χ2v) is 6.49. The summed E-state index contributed by atoms with van der Waals surface area (Å²) in [5.74, 6) is -0.152. The van der Waals surface area contributed by atoms with Crippen LogP contribution in [0, 0.1) is 0 Å². The average molecular weight is 374 g/mol. The van der Waals surface area contributed by atoms with Crippen molar-refractivity contribution in [2.45, 2.75) is 13.0 Å². The van der Waals surface area contributed by atoms with Gasteiger partial charge >= 0.3 is 0 Å². The fourth-order valence-corrected chi connectivity index (χ4v) is 2.82. The van der Waals surface area contributed by atoms with E-state index in [2.05, 4.69) is 29.6 Å². The van der Waals surface area contributed by atoms with E-state index in [0.717, 1.165) is 16.5 Å². The third kappa shape index (κ3) is 5.20. The molecule has 0 aliphatic carbocycles. The largest absolute Gasteiger partial charge is 0.484 e. The average Bonchev–Trinajstić information content (AvgIpc) is 2.71. The summed E-state index contributed by atoms with van der Waals surface area (Å²) >= 11 is 0. The van der Waals surface area contributed by atoms with Gasteiger partial charge in [0, 0.05) is 6.08 Å². The lowest BCUT2D eigenvalue weighted by molar-refractivity contribution is -0.120. The van der Waals surface area contributed by atoms with Gasteiger partial charge < -0.3 is 15.8 Å². The first-order chi connectivity index (χ1) is 13.5. The standard InChI is InChI=1S/C23H22N2O3/c1-16(19-10-9-18-4-2-3-5-20(18)14-19)25-23(27)13-8-17-6-11-21(12-7-17)28-15-22(24)26/h2-14,16H,15H2,1H3,(H2,24,26)(H,25,27)/b13-8+. The molecule has 1 atom stereocenters. The maximum atomic E-state index is 12.2. The van der Waals surface area contributed by atoms with Crippen LogP contribution in [-0.4, -0.2) is 18.4 Å². The molecule has 0 aliphatic heterocycles. The van der Waals surface area contributed by atoms with Gasteiger partial charge in [-0.2, -0.15) is 0 Å². The summed E-state index contributed by atoms with van der Waals surface area (Å²) in [6.07, 6.45) is 3.22. The van der Waals surface area contributed by atoms with E-state index >= 15 is 0 Å². The van der Waals surface area contributed by atoms with Crippen molar-refractivity contribution in [2.24, 2.45) is 5.73 Å². The molecule has 0 heterocycles. The highest BCUT2D eigenvalue weighted by molar-refractivity contribution is 5.92. The predicted octanol–water partition coefficient (Wildman–Crippen LogP) is 3.59. The Bertz CT molecular complexity index is 1010. The van der Waals surface area contributed by atoms with Crippen molar-refractivity contribution in [3.05, 3.63) is 83.9 Å². The van der Waals surface area contributed by atoms with Crippen molar-refractivity contribution >= 4 is 28.7 Å². The Morgan fingerprint density at radius 2 is 1.75 bits per heavy atom. The fourth-order valence-electron chi connectivity index (χ4n) is 2.82. The molecule has 1 unspecified atom stereocenters. The van der Waals surface area contributed by atoms with Crippen LogP contribution in [0.5, 0.6) is 5.75 Å². The van der Waals surface area contributed by atoms with E-state index in [1.165, 1.54) is 11.5 Å². The quantitative estimate of drug-likeness (QED) is 0.620. The molecule has 5 heteroatoms. The molecule has 0 fully saturated rings. The molecule has 28 heavy (non-hydrogen) atoms. The van der Waals surface area contributed by atoms with Crippen LogP contribution in [0.1, 0.15) is 24.1 Å². The SMILES string of the molecule is CC(NC(=O)/C=C/c1ccc(OCC(N)=O)cc1)c1ccc2ccccc2c1. The van der Waals surface area contributed by atoms with Crippen LogP contribution in [0.3, 0.4) is 0 Å². The lowest BCUT2D eigenvalue weighted by Crippen LogP contribution is -2.24. The van der Waals surface area contributed by atoms with E-state index in [4.69, 9.17) is 10.5 Å². The first-order valence-corrected chi connectivity index (χ1v) is 9.00. The van der Waals surface area contributed by atoms with Crippen LogP contribution >= 0.6 is 0 Å². The summed E-state index contributed by atoms with van der Waals surface area (Å²) in [6, 6.07) is 21.2. The molecule has 142 valence electrons. The fraction of sp³-hybridized carbons (Fsp3) is 0.130. The van der Waals surface area contributed by atoms with Gasteiger partial charge in [-0.25, -0.2) is 0 Å². The minimum Gasteiger partial charge on any atom is -0.484 e. The molecule has 3 rings (SSSR count). The minimum atomic E-state index is -0.527. The van der Waals surface area contributed by atoms with Crippen LogP contribution < -0.4 is 15.8 Å². The Balaban J connectivity index is 1.58. The van der Waals surface area contributed by atoms with Gasteiger partial charge in [-0.3, -0.25) is 9.59 Å². The van der Waals surface area contributed by atoms with Gasteiger partial charge in [0.25, 0.3) is 5.91 Å². The number of carbonyl (C=O) groups is 2. The third-order valence-electron chi connectivity index (χ3n) is 4.32. The number of fused-ring (bicyclic) bond motifs is 1. The summed E-state index contributed by atoms with van der Waals surface area (Å²) in [6.45, 7) is 1.80. The third-order valence-corrected chi connectivity index (χ3v) is 4.32. The highest BCUT2D eigenvalue weighted by atomic mass is 16.5. The molecule has 0 saturated carbocycles. The lowest BCUT2D eigenvalue weighted by Gasteiger charge is -2.14. The summed E-state index contributed by atoms with van der Waals surface area (Å²) in [5, 5.41) is 5.30. The molecule has 3 N–H and O–H groups in total. The molecule has 3 aromatic rings. The molecule has 0 aliphatic rings. The predicted molar refractivity (Wildman–Crippen MR) is 111 cm³/mol. The summed E-state index contributed by atoms with van der Waals surface area (Å²) in [4.78, 5) is 22.9. The normalized spacial score (nSPS) is 12.0. The maximum absolute atomic E-state index is 12.2. The summed E-state index contributed by atoms with van der Waals surface area (Å²) in [7, 11) is 0. The smallest absolute Gasteiger partial charge is 0.255 e. The van der Waals surface area contributed by atoms with Crippen molar-refractivity contribution in [2.75, 3.05) is 6.61 Å². The Kier molecular flexibility index (Phi) is 6.07. The minimum absolute atomic E-state index is 0.105. The van der Waals surface area contributed by atoms with Crippen molar-refractivity contribution in [1.29, 1.82) is 0 Å². The second-order valence-electron chi connectivity index (χ2n) is 6.49. The topological polar surface area (TPSA) is 81.4 Å². The van der Waals surface area contributed by atoms with Crippen LogP contribution in [-0.2, 0) is 9.59 Å². The summed E-state index contributed by atoms with van der Waals surface area (Å²) < 4.78 is 5.20. The second kappa shape index (κ2) is 8.86. The molecular formula is C23H22N2O3. The van der Waals surface area contributed by atoms with E-state index < -0.39 is 5.91 Å². The zero-order valence-corrected chi connectivity index (χ0v) is 15.6. The van der Waals surface area contributed by atoms with E-state index in [1.54, 1.807) is 30.3 Å². The maximum Gasteiger partial charge on any atom is 0.255 e. The zero-order valence-electron chi connectivity index (χ0n) is 15.6. The van der Waals surface area contributed by atoms with Crippen LogP contribution in [0.2, 0.25) is 0 Å². The van der Waals surface area contributed by atoms with Gasteiger partial charge in [-0.1, -0.05) is 48.5 Å². The number of amides is 2. The molecule has 3 aromatic carbocycles. The van der Waals surface area contributed by atoms with E-state index in [-0.39, 0.29) is 18.6 Å². The van der Waals surface area contributed by atoms with Gasteiger partial charge in [0.15, 0.2) is 6.61 Å². The molecule has 2 amide bonds. The summed E-state index contributed by atoms with van der Waals surface area (Å²) in [5.41, 5.74) is 6.94. The van der Waals surface area contributed by atoms with Crippen molar-refractivity contribution in [3.8, 4) is 5.75 Å².